The van der Waals surface area contributed by atoms with E-state index in [-0.39, 0.29) is 11.8 Å². The molecule has 0 aliphatic carbocycles. The summed E-state index contributed by atoms with van der Waals surface area (Å²) >= 11 is 0. The zero-order valence-corrected chi connectivity index (χ0v) is 15.2. The number of aromatic nitrogens is 3. The highest BCUT2D eigenvalue weighted by Gasteiger charge is 2.46. The van der Waals surface area contributed by atoms with Gasteiger partial charge in [-0.25, -0.2) is 9.97 Å². The minimum absolute atomic E-state index is 0.0489. The maximum Gasteiger partial charge on any atom is 0.233 e. The largest absolute Gasteiger partial charge is 0.350 e. The molecule has 1 amide bonds. The van der Waals surface area contributed by atoms with Crippen molar-refractivity contribution < 1.29 is 4.79 Å². The lowest BCUT2D eigenvalue weighted by Gasteiger charge is -2.24. The second-order valence-corrected chi connectivity index (χ2v) is 7.49. The van der Waals surface area contributed by atoms with Crippen molar-refractivity contribution >= 4 is 11.7 Å². The lowest BCUT2D eigenvalue weighted by Crippen LogP contribution is -2.37. The average molecular weight is 361 g/mol. The van der Waals surface area contributed by atoms with Crippen LogP contribution in [0.2, 0.25) is 0 Å². The monoisotopic (exact) mass is 361 g/mol. The Morgan fingerprint density at radius 2 is 2.11 bits per heavy atom. The molecule has 6 heteroatoms. The van der Waals surface area contributed by atoms with E-state index in [1.54, 1.807) is 6.20 Å². The maximum atomic E-state index is 13.0. The first-order valence-electron chi connectivity index (χ1n) is 9.66. The van der Waals surface area contributed by atoms with Gasteiger partial charge < -0.3 is 5.32 Å². The summed E-state index contributed by atoms with van der Waals surface area (Å²) < 4.78 is 1.88. The Morgan fingerprint density at radius 1 is 1.22 bits per heavy atom. The summed E-state index contributed by atoms with van der Waals surface area (Å²) in [5.74, 6) is 0.858. The van der Waals surface area contributed by atoms with Crippen LogP contribution in [0.5, 0.6) is 0 Å². The molecule has 0 unspecified atom stereocenters. The highest BCUT2D eigenvalue weighted by molar-refractivity contribution is 5.80. The van der Waals surface area contributed by atoms with Crippen molar-refractivity contribution in [2.24, 2.45) is 5.92 Å². The van der Waals surface area contributed by atoms with Gasteiger partial charge in [-0.1, -0.05) is 30.3 Å². The van der Waals surface area contributed by atoms with Crippen molar-refractivity contribution in [3.8, 4) is 0 Å². The van der Waals surface area contributed by atoms with Crippen LogP contribution < -0.4 is 5.32 Å². The summed E-state index contributed by atoms with van der Waals surface area (Å²) in [6.07, 6.45) is 8.74. The van der Waals surface area contributed by atoms with Crippen molar-refractivity contribution in [2.75, 3.05) is 6.54 Å². The second-order valence-electron chi connectivity index (χ2n) is 7.49. The molecule has 2 aliphatic heterocycles. The topological polar surface area (TPSA) is 62.5 Å². The van der Waals surface area contributed by atoms with Crippen LogP contribution in [0.1, 0.15) is 36.6 Å². The molecule has 1 N–H and O–H groups in total. The molecule has 1 aromatic carbocycles. The summed E-state index contributed by atoms with van der Waals surface area (Å²) in [4.78, 5) is 24.2. The number of imidazole rings is 1. The Morgan fingerprint density at radius 3 is 2.96 bits per heavy atom. The van der Waals surface area contributed by atoms with E-state index in [0.717, 1.165) is 25.1 Å². The fourth-order valence-corrected chi connectivity index (χ4v) is 4.72. The average Bonchev–Trinajstić information content (AvgIpc) is 3.41. The molecular weight excluding hydrogens is 338 g/mol. The molecule has 2 saturated heterocycles. The van der Waals surface area contributed by atoms with E-state index >= 15 is 0 Å². The first kappa shape index (κ1) is 16.4. The Labute approximate surface area is 158 Å². The van der Waals surface area contributed by atoms with E-state index in [1.807, 2.05) is 28.9 Å². The Hall–Kier alpha value is -2.73. The summed E-state index contributed by atoms with van der Waals surface area (Å²) in [5.41, 5.74) is 2.16. The third-order valence-corrected chi connectivity index (χ3v) is 5.93. The number of hydrogen-bond acceptors (Lipinski definition) is 4. The number of fused-ring (bicyclic) bond motifs is 2. The molecule has 0 saturated carbocycles. The van der Waals surface area contributed by atoms with Gasteiger partial charge in [0.15, 0.2) is 0 Å². The highest BCUT2D eigenvalue weighted by atomic mass is 16.2. The quantitative estimate of drug-likeness (QED) is 0.776. The van der Waals surface area contributed by atoms with Crippen LogP contribution in [0.4, 0.5) is 0 Å². The van der Waals surface area contributed by atoms with E-state index in [9.17, 15) is 4.79 Å². The van der Waals surface area contributed by atoms with Gasteiger partial charge in [0.1, 0.15) is 0 Å². The van der Waals surface area contributed by atoms with Crippen LogP contribution in [-0.4, -0.2) is 37.8 Å². The van der Waals surface area contributed by atoms with Crippen LogP contribution in [0, 0.1) is 5.92 Å². The number of nitrogens with one attached hydrogen (secondary N) is 1. The molecule has 0 radical (unpaired) electrons. The molecule has 4 heterocycles. The molecule has 27 heavy (non-hydrogen) atoms. The summed E-state index contributed by atoms with van der Waals surface area (Å²) in [6, 6.07) is 13.2. The second kappa shape index (κ2) is 6.78. The lowest BCUT2D eigenvalue weighted by molar-refractivity contribution is -0.125. The molecule has 3 aromatic rings. The molecule has 3 atom stereocenters. The predicted octanol–water partition coefficient (Wildman–Crippen LogP) is 2.57. The molecule has 2 aromatic heterocycles. The number of nitrogens with zero attached hydrogens (tertiary/aromatic N) is 4. The van der Waals surface area contributed by atoms with E-state index in [2.05, 4.69) is 44.5 Å². The fourth-order valence-electron chi connectivity index (χ4n) is 4.72. The van der Waals surface area contributed by atoms with Crippen LogP contribution >= 0.6 is 0 Å². The van der Waals surface area contributed by atoms with Gasteiger partial charge in [0.2, 0.25) is 11.7 Å². The van der Waals surface area contributed by atoms with E-state index < -0.39 is 0 Å². The summed E-state index contributed by atoms with van der Waals surface area (Å²) in [7, 11) is 0. The van der Waals surface area contributed by atoms with Crippen LogP contribution in [0.25, 0.3) is 5.78 Å². The standard InChI is InChI=1S/C21H23N5O/c27-20(23-13-16-14-25-10-5-9-22-21(25)24-16)17-12-19(15-6-2-1-3-7-15)26-11-4-8-18(17)26/h1-3,5-7,9-10,14,17-19H,4,8,11-13H2,(H,23,27)/t17-,18+,19-/m1/s1. The van der Waals surface area contributed by atoms with Gasteiger partial charge in [-0.3, -0.25) is 14.1 Å². The molecule has 2 aliphatic rings. The number of amides is 1. The van der Waals surface area contributed by atoms with Crippen molar-refractivity contribution in [2.45, 2.75) is 37.9 Å². The van der Waals surface area contributed by atoms with Crippen LogP contribution in [-0.2, 0) is 11.3 Å². The predicted molar refractivity (Wildman–Crippen MR) is 102 cm³/mol. The summed E-state index contributed by atoms with van der Waals surface area (Å²) in [6.45, 7) is 1.54. The van der Waals surface area contributed by atoms with Crippen molar-refractivity contribution in [3.05, 3.63) is 66.2 Å². The fraction of sp³-hybridized carbons (Fsp3) is 0.381. The number of carbonyl (C=O) groups excluding carboxylic acids is 1. The molecule has 6 nitrogen and oxygen atoms in total. The Balaban J connectivity index is 1.29. The number of rotatable bonds is 4. The molecule has 2 fully saturated rings. The van der Waals surface area contributed by atoms with E-state index in [4.69, 9.17) is 0 Å². The third kappa shape index (κ3) is 3.00. The van der Waals surface area contributed by atoms with Gasteiger partial charge in [-0.05, 0) is 37.4 Å². The van der Waals surface area contributed by atoms with Crippen molar-refractivity contribution in [3.63, 3.8) is 0 Å². The van der Waals surface area contributed by atoms with Gasteiger partial charge in [0.05, 0.1) is 18.2 Å². The van der Waals surface area contributed by atoms with Crippen molar-refractivity contribution in [1.82, 2.24) is 24.6 Å². The molecule has 0 spiro atoms. The third-order valence-electron chi connectivity index (χ3n) is 5.93. The minimum Gasteiger partial charge on any atom is -0.350 e. The Kier molecular flexibility index (Phi) is 4.13. The molecule has 138 valence electrons. The molecule has 5 rings (SSSR count). The zero-order valence-electron chi connectivity index (χ0n) is 15.2. The lowest BCUT2D eigenvalue weighted by atomic mass is 9.93. The van der Waals surface area contributed by atoms with Crippen molar-refractivity contribution in [1.29, 1.82) is 0 Å². The van der Waals surface area contributed by atoms with Gasteiger partial charge in [0, 0.05) is 30.7 Å². The van der Waals surface area contributed by atoms with Crippen LogP contribution in [0.15, 0.2) is 55.0 Å². The van der Waals surface area contributed by atoms with Crippen LogP contribution in [0.3, 0.4) is 0 Å². The van der Waals surface area contributed by atoms with Gasteiger partial charge >= 0.3 is 0 Å². The minimum atomic E-state index is 0.0489. The van der Waals surface area contributed by atoms with E-state index in [0.29, 0.717) is 24.4 Å². The van der Waals surface area contributed by atoms with Gasteiger partial charge in [0.25, 0.3) is 0 Å². The number of benzene rings is 1. The van der Waals surface area contributed by atoms with Gasteiger partial charge in [-0.15, -0.1) is 0 Å². The molecular formula is C21H23N5O. The maximum absolute atomic E-state index is 13.0. The Bertz CT molecular complexity index is 920. The van der Waals surface area contributed by atoms with E-state index in [1.165, 1.54) is 12.0 Å². The molecule has 0 bridgehead atoms. The highest BCUT2D eigenvalue weighted by Crippen LogP contribution is 2.44. The number of carbonyl (C=O) groups is 1. The first-order valence-corrected chi connectivity index (χ1v) is 9.66. The zero-order chi connectivity index (χ0) is 18.2. The SMILES string of the molecule is O=C(NCc1cn2cccnc2n1)[C@@H]1C[C@H](c2ccccc2)N2CCC[C@@H]12. The summed E-state index contributed by atoms with van der Waals surface area (Å²) in [5, 5.41) is 3.12. The smallest absolute Gasteiger partial charge is 0.233 e. The number of hydrogen-bond donors (Lipinski definition) is 1. The van der Waals surface area contributed by atoms with Gasteiger partial charge in [-0.2, -0.15) is 0 Å². The normalized spacial score (nSPS) is 25.0. The first-order chi connectivity index (χ1) is 13.3.